The maximum Gasteiger partial charge on any atom is 0.229 e. The van der Waals surface area contributed by atoms with Gasteiger partial charge in [0.15, 0.2) is 5.82 Å². The van der Waals surface area contributed by atoms with E-state index in [1.54, 1.807) is 0 Å². The number of nitrogens with zero attached hydrogens (tertiary/aromatic N) is 4. The lowest BCUT2D eigenvalue weighted by Crippen LogP contribution is -2.27. The summed E-state index contributed by atoms with van der Waals surface area (Å²) in [5.74, 6) is 1.78. The summed E-state index contributed by atoms with van der Waals surface area (Å²) in [6.45, 7) is 7.03. The summed E-state index contributed by atoms with van der Waals surface area (Å²) in [7, 11) is 2.15. The van der Waals surface area contributed by atoms with E-state index < -0.39 is 0 Å². The monoisotopic (exact) mass is 320 g/mol. The van der Waals surface area contributed by atoms with E-state index in [4.69, 9.17) is 9.51 Å². The van der Waals surface area contributed by atoms with Crippen LogP contribution in [-0.2, 0) is 19.4 Å². The smallest absolute Gasteiger partial charge is 0.229 e. The van der Waals surface area contributed by atoms with Crippen molar-refractivity contribution in [2.45, 2.75) is 65.0 Å². The molecule has 2 aromatic heterocycles. The van der Waals surface area contributed by atoms with E-state index in [0.717, 1.165) is 31.1 Å². The molecule has 0 amide bonds. The van der Waals surface area contributed by atoms with Gasteiger partial charge in [0.05, 0.1) is 17.2 Å². The first-order chi connectivity index (χ1) is 10.6. The molecule has 0 radical (unpaired) electrons. The molecule has 6 heteroatoms. The van der Waals surface area contributed by atoms with Crippen molar-refractivity contribution in [3.05, 3.63) is 27.3 Å². The standard InChI is InChI=1S/C16H24N4OS/c1-5-14-17-11-7-6-8-12(15(11)22-14)20(4)9-13-18-16(10(2)3)21-19-13/h10,12H,5-9H2,1-4H3. The number of rotatable bonds is 5. The van der Waals surface area contributed by atoms with Gasteiger partial charge in [0.2, 0.25) is 5.89 Å². The minimum absolute atomic E-state index is 0.279. The summed E-state index contributed by atoms with van der Waals surface area (Å²) in [6, 6.07) is 0.433. The molecular weight excluding hydrogens is 296 g/mol. The number of aromatic nitrogens is 3. The zero-order valence-corrected chi connectivity index (χ0v) is 14.6. The van der Waals surface area contributed by atoms with Crippen LogP contribution >= 0.6 is 11.3 Å². The molecule has 2 aromatic rings. The third-order valence-electron chi connectivity index (χ3n) is 4.17. The van der Waals surface area contributed by atoms with E-state index >= 15 is 0 Å². The quantitative estimate of drug-likeness (QED) is 0.840. The molecule has 1 aliphatic rings. The first-order valence-electron chi connectivity index (χ1n) is 8.09. The molecule has 22 heavy (non-hydrogen) atoms. The Morgan fingerprint density at radius 3 is 2.86 bits per heavy atom. The zero-order chi connectivity index (χ0) is 15.7. The minimum Gasteiger partial charge on any atom is -0.339 e. The lowest BCUT2D eigenvalue weighted by Gasteiger charge is -2.29. The van der Waals surface area contributed by atoms with Gasteiger partial charge in [-0.15, -0.1) is 11.3 Å². The third kappa shape index (κ3) is 3.08. The second-order valence-corrected chi connectivity index (χ2v) is 7.41. The first-order valence-corrected chi connectivity index (χ1v) is 8.91. The van der Waals surface area contributed by atoms with Crippen molar-refractivity contribution >= 4 is 11.3 Å². The minimum atomic E-state index is 0.279. The molecule has 5 nitrogen and oxygen atoms in total. The van der Waals surface area contributed by atoms with Crippen molar-refractivity contribution in [3.63, 3.8) is 0 Å². The summed E-state index contributed by atoms with van der Waals surface area (Å²) in [6.07, 6.45) is 4.54. The number of fused-ring (bicyclic) bond motifs is 1. The van der Waals surface area contributed by atoms with Crippen molar-refractivity contribution in [1.29, 1.82) is 0 Å². The fourth-order valence-electron chi connectivity index (χ4n) is 2.92. The Labute approximate surface area is 135 Å². The van der Waals surface area contributed by atoms with Crippen molar-refractivity contribution in [2.75, 3.05) is 7.05 Å². The highest BCUT2D eigenvalue weighted by Crippen LogP contribution is 2.38. The van der Waals surface area contributed by atoms with E-state index in [9.17, 15) is 0 Å². The highest BCUT2D eigenvalue weighted by atomic mass is 32.1. The predicted octanol–water partition coefficient (Wildman–Crippen LogP) is 3.72. The van der Waals surface area contributed by atoms with Gasteiger partial charge < -0.3 is 4.52 Å². The fourth-order valence-corrected chi connectivity index (χ4v) is 4.17. The number of aryl methyl sites for hydroxylation is 2. The highest BCUT2D eigenvalue weighted by Gasteiger charge is 2.28. The topological polar surface area (TPSA) is 55.1 Å². The molecule has 3 rings (SSSR count). The van der Waals surface area contributed by atoms with E-state index in [-0.39, 0.29) is 5.92 Å². The molecule has 0 bridgehead atoms. The van der Waals surface area contributed by atoms with Gasteiger partial charge in [-0.05, 0) is 32.7 Å². The van der Waals surface area contributed by atoms with Gasteiger partial charge in [0.25, 0.3) is 0 Å². The van der Waals surface area contributed by atoms with Crippen LogP contribution in [0.1, 0.15) is 72.9 Å². The Hall–Kier alpha value is -1.27. The second-order valence-electron chi connectivity index (χ2n) is 6.30. The molecule has 0 saturated heterocycles. The van der Waals surface area contributed by atoms with Crippen LogP contribution in [0.25, 0.3) is 0 Å². The molecule has 0 fully saturated rings. The maximum absolute atomic E-state index is 5.31. The van der Waals surface area contributed by atoms with Crippen LogP contribution in [0, 0.1) is 0 Å². The lowest BCUT2D eigenvalue weighted by atomic mass is 9.97. The molecule has 120 valence electrons. The van der Waals surface area contributed by atoms with E-state index in [2.05, 4.69) is 42.9 Å². The van der Waals surface area contributed by atoms with Crippen LogP contribution in [0.2, 0.25) is 0 Å². The van der Waals surface area contributed by atoms with Crippen LogP contribution in [0.5, 0.6) is 0 Å². The van der Waals surface area contributed by atoms with Gasteiger partial charge in [0.1, 0.15) is 0 Å². The molecular formula is C16H24N4OS. The number of hydrogen-bond acceptors (Lipinski definition) is 6. The molecule has 0 saturated carbocycles. The number of thiazole rings is 1. The summed E-state index contributed by atoms with van der Waals surface area (Å²) >= 11 is 1.88. The Morgan fingerprint density at radius 1 is 1.36 bits per heavy atom. The highest BCUT2D eigenvalue weighted by molar-refractivity contribution is 7.11. The average Bonchev–Trinajstić information content (AvgIpc) is 3.12. The Kier molecular flexibility index (Phi) is 4.59. The maximum atomic E-state index is 5.31. The molecule has 0 aliphatic heterocycles. The molecule has 1 unspecified atom stereocenters. The summed E-state index contributed by atoms with van der Waals surface area (Å²) in [5, 5.41) is 5.37. The van der Waals surface area contributed by atoms with Crippen LogP contribution in [0.3, 0.4) is 0 Å². The van der Waals surface area contributed by atoms with Gasteiger partial charge in [-0.2, -0.15) is 4.98 Å². The molecule has 2 heterocycles. The SMILES string of the molecule is CCc1nc2c(s1)C(N(C)Cc1noc(C(C)C)n1)CCC2. The van der Waals surface area contributed by atoms with Crippen LogP contribution in [0.15, 0.2) is 4.52 Å². The van der Waals surface area contributed by atoms with E-state index in [1.807, 2.05) is 11.3 Å². The van der Waals surface area contributed by atoms with Crippen LogP contribution < -0.4 is 0 Å². The lowest BCUT2D eigenvalue weighted by molar-refractivity contribution is 0.208. The molecule has 1 aliphatic carbocycles. The van der Waals surface area contributed by atoms with Gasteiger partial charge in [-0.25, -0.2) is 4.98 Å². The van der Waals surface area contributed by atoms with Crippen molar-refractivity contribution in [3.8, 4) is 0 Å². The van der Waals surface area contributed by atoms with Crippen molar-refractivity contribution < 1.29 is 4.52 Å². The van der Waals surface area contributed by atoms with E-state index in [1.165, 1.54) is 28.4 Å². The van der Waals surface area contributed by atoms with Gasteiger partial charge in [0, 0.05) is 16.8 Å². The molecule has 0 N–H and O–H groups in total. The first kappa shape index (κ1) is 15.6. The van der Waals surface area contributed by atoms with Crippen LogP contribution in [0.4, 0.5) is 0 Å². The summed E-state index contributed by atoms with van der Waals surface area (Å²) in [4.78, 5) is 13.0. The zero-order valence-electron chi connectivity index (χ0n) is 13.8. The Bertz CT molecular complexity index is 634. The Morgan fingerprint density at radius 2 is 2.18 bits per heavy atom. The normalized spacial score (nSPS) is 18.2. The third-order valence-corrected chi connectivity index (χ3v) is 5.51. The van der Waals surface area contributed by atoms with Crippen molar-refractivity contribution in [1.82, 2.24) is 20.0 Å². The molecule has 0 aromatic carbocycles. The summed E-state index contributed by atoms with van der Waals surface area (Å²) < 4.78 is 5.31. The van der Waals surface area contributed by atoms with Gasteiger partial charge in [-0.1, -0.05) is 25.9 Å². The van der Waals surface area contributed by atoms with E-state index in [0.29, 0.717) is 6.04 Å². The number of hydrogen-bond donors (Lipinski definition) is 0. The average molecular weight is 320 g/mol. The second kappa shape index (κ2) is 6.46. The van der Waals surface area contributed by atoms with Gasteiger partial charge in [-0.3, -0.25) is 4.90 Å². The molecule has 0 spiro atoms. The van der Waals surface area contributed by atoms with Gasteiger partial charge >= 0.3 is 0 Å². The summed E-state index contributed by atoms with van der Waals surface area (Å²) in [5.41, 5.74) is 1.31. The fraction of sp³-hybridized carbons (Fsp3) is 0.688. The largest absolute Gasteiger partial charge is 0.339 e. The van der Waals surface area contributed by atoms with Crippen molar-refractivity contribution in [2.24, 2.45) is 0 Å². The van der Waals surface area contributed by atoms with Crippen LogP contribution in [-0.4, -0.2) is 27.1 Å². The predicted molar refractivity (Wildman–Crippen MR) is 87.0 cm³/mol. The molecule has 1 atom stereocenters. The Balaban J connectivity index is 1.75.